The number of ketones is 1. The van der Waals surface area contributed by atoms with Crippen LogP contribution in [0.25, 0.3) is 0 Å². The molecule has 1 heterocycles. The lowest BCUT2D eigenvalue weighted by Crippen LogP contribution is -2.15. The highest BCUT2D eigenvalue weighted by Gasteiger charge is 2.15. The summed E-state index contributed by atoms with van der Waals surface area (Å²) in [6, 6.07) is 1.68. The fraction of sp³-hybridized carbons (Fsp3) is 0.250. The van der Waals surface area contributed by atoms with Gasteiger partial charge in [-0.15, -0.1) is 0 Å². The molecule has 0 radical (unpaired) electrons. The van der Waals surface area contributed by atoms with Gasteiger partial charge in [0.2, 0.25) is 5.78 Å². The Morgan fingerprint density at radius 1 is 1.58 bits per heavy atom. The van der Waals surface area contributed by atoms with Crippen molar-refractivity contribution in [3.05, 3.63) is 23.7 Å². The predicted octanol–water partition coefficient (Wildman–Crippen LogP) is 0.784. The molecule has 0 fully saturated rings. The van der Waals surface area contributed by atoms with E-state index in [2.05, 4.69) is 0 Å². The number of aliphatic carboxylic acids is 1. The Labute approximate surface area is 68.8 Å². The number of carboxylic acids is 1. The lowest BCUT2D eigenvalue weighted by atomic mass is 10.2. The lowest BCUT2D eigenvalue weighted by molar-refractivity contribution is -0.148. The molecule has 4 heteroatoms. The van der Waals surface area contributed by atoms with Gasteiger partial charge in [-0.05, 0) is 18.6 Å². The molecule has 0 saturated carbocycles. The number of aryl methyl sites for hydroxylation is 1. The minimum absolute atomic E-state index is 0.172. The molecule has 0 aliphatic rings. The van der Waals surface area contributed by atoms with Gasteiger partial charge >= 0.3 is 5.97 Å². The van der Waals surface area contributed by atoms with E-state index in [0.29, 0.717) is 5.76 Å². The molecule has 0 aromatic carbocycles. The number of hydrogen-bond acceptors (Lipinski definition) is 3. The highest BCUT2D eigenvalue weighted by molar-refractivity contribution is 6.33. The molecular weight excluding hydrogens is 160 g/mol. The van der Waals surface area contributed by atoms with Crippen molar-refractivity contribution in [3.63, 3.8) is 0 Å². The Kier molecular flexibility index (Phi) is 2.28. The minimum atomic E-state index is -1.43. The number of hydrogen-bond donors (Lipinski definition) is 1. The van der Waals surface area contributed by atoms with E-state index in [4.69, 9.17) is 9.52 Å². The molecule has 1 N–H and O–H groups in total. The van der Waals surface area contributed by atoms with Crippen molar-refractivity contribution in [2.75, 3.05) is 0 Å². The van der Waals surface area contributed by atoms with Gasteiger partial charge in [-0.3, -0.25) is 4.79 Å². The summed E-state index contributed by atoms with van der Waals surface area (Å²) in [6.45, 7) is 1.76. The first kappa shape index (κ1) is 8.52. The molecule has 0 amide bonds. The average Bonchev–Trinajstić information content (AvgIpc) is 2.36. The van der Waals surface area contributed by atoms with Crippen LogP contribution in [-0.2, 0) is 16.0 Å². The van der Waals surface area contributed by atoms with Gasteiger partial charge in [0.15, 0.2) is 0 Å². The zero-order chi connectivity index (χ0) is 9.14. The van der Waals surface area contributed by atoms with Crippen molar-refractivity contribution in [2.45, 2.75) is 13.3 Å². The van der Waals surface area contributed by atoms with E-state index in [-0.39, 0.29) is 6.42 Å². The van der Waals surface area contributed by atoms with Crippen LogP contribution in [0.15, 0.2) is 16.7 Å². The molecule has 0 atom stereocenters. The van der Waals surface area contributed by atoms with Gasteiger partial charge in [0.05, 0.1) is 12.7 Å². The maximum atomic E-state index is 10.7. The van der Waals surface area contributed by atoms with Crippen molar-refractivity contribution in [1.82, 2.24) is 0 Å². The number of Topliss-reactive ketones (excluding diaryl/α,β-unsaturated/α-hetero) is 1. The molecule has 0 unspecified atom stereocenters. The second-order valence-corrected chi connectivity index (χ2v) is 2.43. The third-order valence-corrected chi connectivity index (χ3v) is 1.53. The maximum Gasteiger partial charge on any atom is 0.372 e. The fourth-order valence-electron chi connectivity index (χ4n) is 0.807. The standard InChI is InChI=1S/C8H8O4/c1-5-2-3-12-7(5)4-6(9)8(10)11/h2-3H,4H2,1H3,(H,10,11). The SMILES string of the molecule is Cc1ccoc1CC(=O)C(=O)O. The van der Waals surface area contributed by atoms with Gasteiger partial charge in [-0.1, -0.05) is 0 Å². The number of carboxylic acid groups (broad SMARTS) is 1. The third kappa shape index (κ3) is 1.72. The summed E-state index contributed by atoms with van der Waals surface area (Å²) in [5, 5.41) is 8.28. The Bertz CT molecular complexity index is 311. The normalized spacial score (nSPS) is 9.75. The second kappa shape index (κ2) is 3.21. The van der Waals surface area contributed by atoms with Crippen molar-refractivity contribution in [2.24, 2.45) is 0 Å². The smallest absolute Gasteiger partial charge is 0.372 e. The van der Waals surface area contributed by atoms with Gasteiger partial charge < -0.3 is 9.52 Å². The van der Waals surface area contributed by atoms with Crippen LogP contribution in [0.5, 0.6) is 0 Å². The summed E-state index contributed by atoms with van der Waals surface area (Å²) in [5.74, 6) is -1.86. The maximum absolute atomic E-state index is 10.7. The van der Waals surface area contributed by atoms with Crippen LogP contribution in [-0.4, -0.2) is 16.9 Å². The van der Waals surface area contributed by atoms with Gasteiger partial charge in [0.25, 0.3) is 0 Å². The first-order valence-electron chi connectivity index (χ1n) is 3.40. The molecule has 12 heavy (non-hydrogen) atoms. The van der Waals surface area contributed by atoms with Crippen LogP contribution in [0.3, 0.4) is 0 Å². The highest BCUT2D eigenvalue weighted by atomic mass is 16.4. The number of rotatable bonds is 3. The molecule has 0 bridgehead atoms. The Morgan fingerprint density at radius 3 is 2.67 bits per heavy atom. The largest absolute Gasteiger partial charge is 0.475 e. The van der Waals surface area contributed by atoms with Crippen molar-refractivity contribution in [3.8, 4) is 0 Å². The van der Waals surface area contributed by atoms with Gasteiger partial charge in [0.1, 0.15) is 5.76 Å². The molecule has 0 spiro atoms. The summed E-state index contributed by atoms with van der Waals surface area (Å²) in [5.41, 5.74) is 0.796. The number of furan rings is 1. The molecule has 1 rings (SSSR count). The zero-order valence-corrected chi connectivity index (χ0v) is 6.53. The molecule has 0 saturated heterocycles. The van der Waals surface area contributed by atoms with Crippen LogP contribution in [0, 0.1) is 6.92 Å². The third-order valence-electron chi connectivity index (χ3n) is 1.53. The van der Waals surface area contributed by atoms with E-state index in [1.807, 2.05) is 0 Å². The lowest BCUT2D eigenvalue weighted by Gasteiger charge is -1.93. The fourth-order valence-corrected chi connectivity index (χ4v) is 0.807. The quantitative estimate of drug-likeness (QED) is 0.677. The minimum Gasteiger partial charge on any atom is -0.475 e. The van der Waals surface area contributed by atoms with Crippen LogP contribution in [0.4, 0.5) is 0 Å². The molecule has 1 aromatic heterocycles. The summed E-state index contributed by atoms with van der Waals surface area (Å²) >= 11 is 0. The average molecular weight is 168 g/mol. The van der Waals surface area contributed by atoms with Crippen LogP contribution in [0.2, 0.25) is 0 Å². The first-order chi connectivity index (χ1) is 5.61. The van der Waals surface area contributed by atoms with E-state index >= 15 is 0 Å². The summed E-state index contributed by atoms with van der Waals surface area (Å²) < 4.78 is 4.90. The number of carbonyl (C=O) groups is 2. The first-order valence-corrected chi connectivity index (χ1v) is 3.40. The predicted molar refractivity (Wildman–Crippen MR) is 39.8 cm³/mol. The molecule has 64 valence electrons. The van der Waals surface area contributed by atoms with E-state index in [1.165, 1.54) is 6.26 Å². The van der Waals surface area contributed by atoms with Crippen molar-refractivity contribution >= 4 is 11.8 Å². The monoisotopic (exact) mass is 168 g/mol. The van der Waals surface area contributed by atoms with E-state index in [1.54, 1.807) is 13.0 Å². The molecular formula is C8H8O4. The topological polar surface area (TPSA) is 67.5 Å². The van der Waals surface area contributed by atoms with Crippen molar-refractivity contribution < 1.29 is 19.1 Å². The number of carbonyl (C=O) groups excluding carboxylic acids is 1. The Hall–Kier alpha value is -1.58. The zero-order valence-electron chi connectivity index (χ0n) is 6.53. The Balaban J connectivity index is 2.71. The summed E-state index contributed by atoms with van der Waals surface area (Å²) in [7, 11) is 0. The van der Waals surface area contributed by atoms with Gasteiger partial charge in [-0.2, -0.15) is 0 Å². The molecule has 1 aromatic rings. The van der Waals surface area contributed by atoms with Gasteiger partial charge in [-0.25, -0.2) is 4.79 Å². The molecule has 0 aliphatic heterocycles. The van der Waals surface area contributed by atoms with E-state index in [0.717, 1.165) is 5.56 Å². The Morgan fingerprint density at radius 2 is 2.25 bits per heavy atom. The van der Waals surface area contributed by atoms with Crippen LogP contribution >= 0.6 is 0 Å². The van der Waals surface area contributed by atoms with Crippen LogP contribution < -0.4 is 0 Å². The summed E-state index contributed by atoms with van der Waals surface area (Å²) in [4.78, 5) is 20.8. The highest BCUT2D eigenvalue weighted by Crippen LogP contribution is 2.09. The van der Waals surface area contributed by atoms with E-state index < -0.39 is 11.8 Å². The van der Waals surface area contributed by atoms with Crippen molar-refractivity contribution in [1.29, 1.82) is 0 Å². The van der Waals surface area contributed by atoms with Gasteiger partial charge in [0, 0.05) is 0 Å². The summed E-state index contributed by atoms with van der Waals surface area (Å²) in [6.07, 6.45) is 1.26. The van der Waals surface area contributed by atoms with Crippen LogP contribution in [0.1, 0.15) is 11.3 Å². The molecule has 0 aliphatic carbocycles. The van der Waals surface area contributed by atoms with E-state index in [9.17, 15) is 9.59 Å². The molecule has 4 nitrogen and oxygen atoms in total. The second-order valence-electron chi connectivity index (χ2n) is 2.43.